The lowest BCUT2D eigenvalue weighted by Gasteiger charge is -2.09. The fraction of sp³-hybridized carbons (Fsp3) is 0.111. The predicted octanol–water partition coefficient (Wildman–Crippen LogP) is 1.56. The molecule has 0 saturated heterocycles. The molecule has 2 rings (SSSR count). The van der Waals surface area contributed by atoms with Gasteiger partial charge in [-0.3, -0.25) is 0 Å². The van der Waals surface area contributed by atoms with E-state index in [1.54, 1.807) is 0 Å². The average Bonchev–Trinajstić information content (AvgIpc) is 2.05. The topological polar surface area (TPSA) is 12.0 Å². The van der Waals surface area contributed by atoms with Gasteiger partial charge in [-0.15, -0.1) is 0 Å². The standard InChI is InChI=1S/C9H8N/c1-2-4-9-7-10-6-5-8(9)3-1/h1-5,10H,7H2. The molecule has 1 radical (unpaired) electrons. The number of hydrogen-bond acceptors (Lipinski definition) is 1. The summed E-state index contributed by atoms with van der Waals surface area (Å²) in [6, 6.07) is 8.32. The molecule has 10 heavy (non-hydrogen) atoms. The maximum atomic E-state index is 3.04. The Hall–Kier alpha value is -1.24. The SMILES string of the molecule is [C]1=Cc2ccccc2CN1. The van der Waals surface area contributed by atoms with E-state index in [4.69, 9.17) is 0 Å². The van der Waals surface area contributed by atoms with Gasteiger partial charge >= 0.3 is 0 Å². The third-order valence-corrected chi connectivity index (χ3v) is 1.66. The van der Waals surface area contributed by atoms with Crippen LogP contribution in [0.3, 0.4) is 0 Å². The molecule has 0 atom stereocenters. The van der Waals surface area contributed by atoms with Crippen molar-refractivity contribution in [3.05, 3.63) is 41.6 Å². The highest BCUT2D eigenvalue weighted by Gasteiger charge is 1.99. The van der Waals surface area contributed by atoms with Crippen LogP contribution in [-0.4, -0.2) is 0 Å². The smallest absolute Gasteiger partial charge is 0.0585 e. The molecule has 0 unspecified atom stereocenters. The molecule has 0 bridgehead atoms. The van der Waals surface area contributed by atoms with E-state index < -0.39 is 0 Å². The maximum absolute atomic E-state index is 3.04. The molecule has 1 aliphatic heterocycles. The number of rotatable bonds is 0. The van der Waals surface area contributed by atoms with Crippen LogP contribution in [0.1, 0.15) is 11.1 Å². The van der Waals surface area contributed by atoms with E-state index in [0.29, 0.717) is 0 Å². The third-order valence-electron chi connectivity index (χ3n) is 1.66. The van der Waals surface area contributed by atoms with Crippen LogP contribution in [0.25, 0.3) is 6.08 Å². The average molecular weight is 130 g/mol. The van der Waals surface area contributed by atoms with Gasteiger partial charge in [0.2, 0.25) is 0 Å². The minimum absolute atomic E-state index is 0.909. The summed E-state index contributed by atoms with van der Waals surface area (Å²) >= 11 is 0. The van der Waals surface area contributed by atoms with E-state index in [2.05, 4.69) is 29.7 Å². The molecule has 1 nitrogen and oxygen atoms in total. The summed E-state index contributed by atoms with van der Waals surface area (Å²) in [7, 11) is 0. The van der Waals surface area contributed by atoms with E-state index in [1.807, 2.05) is 12.1 Å². The van der Waals surface area contributed by atoms with Crippen molar-refractivity contribution in [2.45, 2.75) is 6.54 Å². The van der Waals surface area contributed by atoms with Gasteiger partial charge in [0.15, 0.2) is 0 Å². The van der Waals surface area contributed by atoms with Gasteiger partial charge in [-0.25, -0.2) is 0 Å². The summed E-state index contributed by atoms with van der Waals surface area (Å²) in [6.45, 7) is 0.909. The third kappa shape index (κ3) is 0.798. The van der Waals surface area contributed by atoms with Crippen LogP contribution in [0, 0.1) is 6.20 Å². The Morgan fingerprint density at radius 2 is 2.20 bits per heavy atom. The normalized spacial score (nSPS) is 14.0. The fourth-order valence-electron chi connectivity index (χ4n) is 1.11. The zero-order chi connectivity index (χ0) is 6.81. The van der Waals surface area contributed by atoms with Gasteiger partial charge in [0.05, 0.1) is 6.20 Å². The van der Waals surface area contributed by atoms with E-state index in [1.165, 1.54) is 11.1 Å². The highest BCUT2D eigenvalue weighted by Crippen LogP contribution is 2.12. The van der Waals surface area contributed by atoms with Crippen molar-refractivity contribution in [3.8, 4) is 0 Å². The summed E-state index contributed by atoms with van der Waals surface area (Å²) in [6.07, 6.45) is 4.94. The van der Waals surface area contributed by atoms with Crippen molar-refractivity contribution in [1.29, 1.82) is 0 Å². The Balaban J connectivity index is 2.54. The first-order valence-corrected chi connectivity index (χ1v) is 3.36. The van der Waals surface area contributed by atoms with Crippen LogP contribution in [-0.2, 0) is 6.54 Å². The number of hydrogen-bond donors (Lipinski definition) is 1. The van der Waals surface area contributed by atoms with Gasteiger partial charge in [-0.1, -0.05) is 24.3 Å². The van der Waals surface area contributed by atoms with Crippen molar-refractivity contribution in [1.82, 2.24) is 5.32 Å². The first-order valence-electron chi connectivity index (χ1n) is 3.36. The largest absolute Gasteiger partial charge is 0.379 e. The van der Waals surface area contributed by atoms with Crippen molar-refractivity contribution in [2.75, 3.05) is 0 Å². The summed E-state index contributed by atoms with van der Waals surface area (Å²) in [4.78, 5) is 0. The Labute approximate surface area is 60.4 Å². The molecular weight excluding hydrogens is 122 g/mol. The highest BCUT2D eigenvalue weighted by atomic mass is 14.8. The van der Waals surface area contributed by atoms with Gasteiger partial charge in [0.1, 0.15) is 0 Å². The molecule has 1 heterocycles. The second kappa shape index (κ2) is 2.18. The molecule has 0 amide bonds. The van der Waals surface area contributed by atoms with Crippen LogP contribution in [0.5, 0.6) is 0 Å². The second-order valence-corrected chi connectivity index (χ2v) is 2.34. The lowest BCUT2D eigenvalue weighted by Crippen LogP contribution is -2.10. The quantitative estimate of drug-likeness (QED) is 0.562. The summed E-state index contributed by atoms with van der Waals surface area (Å²) in [5.41, 5.74) is 2.63. The molecule has 49 valence electrons. The Morgan fingerprint density at radius 1 is 1.30 bits per heavy atom. The molecule has 0 spiro atoms. The molecule has 1 aromatic carbocycles. The van der Waals surface area contributed by atoms with Gasteiger partial charge in [0.25, 0.3) is 0 Å². The summed E-state index contributed by atoms with van der Waals surface area (Å²) < 4.78 is 0. The molecule has 1 aromatic rings. The van der Waals surface area contributed by atoms with E-state index >= 15 is 0 Å². The van der Waals surface area contributed by atoms with Crippen LogP contribution >= 0.6 is 0 Å². The molecule has 1 N–H and O–H groups in total. The van der Waals surface area contributed by atoms with Crippen LogP contribution in [0.4, 0.5) is 0 Å². The Bertz CT molecular complexity index is 263. The molecule has 0 fully saturated rings. The fourth-order valence-corrected chi connectivity index (χ4v) is 1.11. The van der Waals surface area contributed by atoms with Gasteiger partial charge < -0.3 is 5.32 Å². The molecule has 0 aliphatic carbocycles. The molecule has 0 aromatic heterocycles. The van der Waals surface area contributed by atoms with Crippen LogP contribution in [0.15, 0.2) is 24.3 Å². The lowest BCUT2D eigenvalue weighted by atomic mass is 10.1. The van der Waals surface area contributed by atoms with Crippen molar-refractivity contribution in [2.24, 2.45) is 0 Å². The van der Waals surface area contributed by atoms with Gasteiger partial charge in [-0.2, -0.15) is 0 Å². The second-order valence-electron chi connectivity index (χ2n) is 2.34. The molecule has 0 saturated carbocycles. The Kier molecular flexibility index (Phi) is 1.21. The van der Waals surface area contributed by atoms with E-state index in [9.17, 15) is 0 Å². The van der Waals surface area contributed by atoms with Crippen molar-refractivity contribution < 1.29 is 0 Å². The minimum Gasteiger partial charge on any atom is -0.379 e. The van der Waals surface area contributed by atoms with E-state index in [-0.39, 0.29) is 0 Å². The number of benzene rings is 1. The first-order chi connectivity index (χ1) is 4.97. The van der Waals surface area contributed by atoms with Crippen molar-refractivity contribution >= 4 is 6.08 Å². The van der Waals surface area contributed by atoms with Crippen LogP contribution < -0.4 is 5.32 Å². The molecular formula is C9H8N. The highest BCUT2D eigenvalue weighted by molar-refractivity contribution is 5.53. The van der Waals surface area contributed by atoms with Gasteiger partial charge in [0, 0.05) is 6.54 Å². The van der Waals surface area contributed by atoms with E-state index in [0.717, 1.165) is 6.54 Å². The first kappa shape index (κ1) is 5.54. The maximum Gasteiger partial charge on any atom is 0.0585 e. The predicted molar refractivity (Wildman–Crippen MR) is 41.0 cm³/mol. The monoisotopic (exact) mass is 130 g/mol. The van der Waals surface area contributed by atoms with Crippen molar-refractivity contribution in [3.63, 3.8) is 0 Å². The number of nitrogens with one attached hydrogen (secondary N) is 1. The zero-order valence-corrected chi connectivity index (χ0v) is 5.59. The lowest BCUT2D eigenvalue weighted by molar-refractivity contribution is 0.836. The van der Waals surface area contributed by atoms with Gasteiger partial charge in [-0.05, 0) is 17.2 Å². The zero-order valence-electron chi connectivity index (χ0n) is 5.59. The summed E-state index contributed by atoms with van der Waals surface area (Å²) in [5, 5.41) is 3.04. The molecule has 1 aliphatic rings. The summed E-state index contributed by atoms with van der Waals surface area (Å²) in [5.74, 6) is 0. The Morgan fingerprint density at radius 3 is 3.10 bits per heavy atom. The molecule has 1 heteroatoms. The number of fused-ring (bicyclic) bond motifs is 1. The minimum atomic E-state index is 0.909. The van der Waals surface area contributed by atoms with Crippen LogP contribution in [0.2, 0.25) is 0 Å².